The third-order valence-electron chi connectivity index (χ3n) is 2.55. The third kappa shape index (κ3) is 1.50. The van der Waals surface area contributed by atoms with Crippen LogP contribution in [0.25, 0.3) is 0 Å². The lowest BCUT2D eigenvalue weighted by atomic mass is 9.99. The van der Waals surface area contributed by atoms with Crippen LogP contribution in [0, 0.1) is 12.1 Å². The van der Waals surface area contributed by atoms with Gasteiger partial charge in [0.15, 0.2) is 5.69 Å². The van der Waals surface area contributed by atoms with Gasteiger partial charge in [0.05, 0.1) is 0 Å². The minimum Gasteiger partial charge on any atom is -0.710 e. The van der Waals surface area contributed by atoms with Crippen LogP contribution in [0.1, 0.15) is 30.1 Å². The molecule has 0 aromatic carbocycles. The molecule has 0 saturated heterocycles. The Morgan fingerprint density at radius 3 is 2.73 bits per heavy atom. The molecule has 0 unspecified atom stereocenters. The fourth-order valence-electron chi connectivity index (χ4n) is 1.81. The van der Waals surface area contributed by atoms with Gasteiger partial charge >= 0.3 is 0 Å². The molecule has 15 heavy (non-hydrogen) atoms. The van der Waals surface area contributed by atoms with Crippen molar-refractivity contribution < 1.29 is 15.1 Å². The van der Waals surface area contributed by atoms with Crippen LogP contribution >= 0.6 is 12.4 Å². The van der Waals surface area contributed by atoms with Crippen molar-refractivity contribution in [2.75, 3.05) is 0 Å². The highest BCUT2D eigenvalue weighted by Crippen LogP contribution is 2.20. The van der Waals surface area contributed by atoms with E-state index in [0.29, 0.717) is 34.7 Å². The van der Waals surface area contributed by atoms with Gasteiger partial charge in [0.1, 0.15) is 5.71 Å². The first-order chi connectivity index (χ1) is 6.66. The van der Waals surface area contributed by atoms with Gasteiger partial charge in [-0.25, -0.2) is 4.73 Å². The number of hydrogen-bond donors (Lipinski definition) is 2. The van der Waals surface area contributed by atoms with Crippen molar-refractivity contribution in [2.45, 2.75) is 26.2 Å². The molecule has 0 aliphatic heterocycles. The van der Waals surface area contributed by atoms with Crippen molar-refractivity contribution in [2.24, 2.45) is 5.16 Å². The Balaban J connectivity index is 0.00000112. The lowest BCUT2D eigenvalue weighted by Crippen LogP contribution is -2.34. The number of rotatable bonds is 0. The van der Waals surface area contributed by atoms with Crippen LogP contribution in [-0.2, 0) is 6.42 Å². The Morgan fingerprint density at radius 1 is 1.47 bits per heavy atom. The molecule has 1 aromatic rings. The predicted molar refractivity (Wildman–Crippen MR) is 53.8 cm³/mol. The topological polar surface area (TPSA) is 84.7 Å². The smallest absolute Gasteiger partial charge is 0.297 e. The van der Waals surface area contributed by atoms with Gasteiger partial charge in [0.25, 0.3) is 5.82 Å². The van der Waals surface area contributed by atoms with E-state index in [9.17, 15) is 10.4 Å². The summed E-state index contributed by atoms with van der Waals surface area (Å²) in [6, 6.07) is 0. The molecule has 1 heterocycles. The van der Waals surface area contributed by atoms with Gasteiger partial charge in [-0.15, -0.1) is 12.4 Å². The average molecular weight is 234 g/mol. The summed E-state index contributed by atoms with van der Waals surface area (Å²) in [5.41, 5.74) is 1.18. The van der Waals surface area contributed by atoms with Crippen LogP contribution in [-0.4, -0.2) is 20.9 Å². The van der Waals surface area contributed by atoms with Crippen molar-refractivity contribution in [3.63, 3.8) is 0 Å². The van der Waals surface area contributed by atoms with Crippen LogP contribution in [0.3, 0.4) is 0 Å². The summed E-state index contributed by atoms with van der Waals surface area (Å²) in [7, 11) is 0. The zero-order valence-corrected chi connectivity index (χ0v) is 8.99. The van der Waals surface area contributed by atoms with Gasteiger partial charge in [-0.05, 0) is 17.6 Å². The van der Waals surface area contributed by atoms with E-state index < -0.39 is 0 Å². The number of aromatic nitrogens is 2. The van der Waals surface area contributed by atoms with Crippen LogP contribution in [0.2, 0.25) is 0 Å². The molecule has 2 N–H and O–H groups in total. The number of hydrogen-bond acceptors (Lipinski definition) is 4. The zero-order valence-electron chi connectivity index (χ0n) is 8.17. The molecule has 0 radical (unpaired) electrons. The quantitative estimate of drug-likeness (QED) is 0.226. The molecular formula is C8H12ClN3O3. The lowest BCUT2D eigenvalue weighted by Gasteiger charge is -2.10. The van der Waals surface area contributed by atoms with Crippen LogP contribution in [0.5, 0.6) is 0 Å². The van der Waals surface area contributed by atoms with E-state index in [1.54, 1.807) is 0 Å². The molecule has 1 aliphatic rings. The Kier molecular flexibility index (Phi) is 3.09. The van der Waals surface area contributed by atoms with Crippen molar-refractivity contribution in [1.29, 1.82) is 0 Å². The molecule has 0 fully saturated rings. The Labute approximate surface area is 92.4 Å². The van der Waals surface area contributed by atoms with E-state index in [1.807, 2.05) is 0 Å². The number of fused-ring (bicyclic) bond motifs is 1. The van der Waals surface area contributed by atoms with Gasteiger partial charge in [0, 0.05) is 13.3 Å². The monoisotopic (exact) mass is 233 g/mol. The second kappa shape index (κ2) is 3.98. The first kappa shape index (κ1) is 11.6. The van der Waals surface area contributed by atoms with E-state index in [2.05, 4.69) is 5.16 Å². The largest absolute Gasteiger partial charge is 0.710 e. The van der Waals surface area contributed by atoms with E-state index in [0.717, 1.165) is 11.2 Å². The number of nitrogens with zero attached hydrogens (tertiary/aromatic N) is 3. The highest BCUT2D eigenvalue weighted by atomic mass is 35.5. The summed E-state index contributed by atoms with van der Waals surface area (Å²) in [4.78, 5) is 0. The van der Waals surface area contributed by atoms with E-state index in [-0.39, 0.29) is 18.2 Å². The summed E-state index contributed by atoms with van der Waals surface area (Å²) in [5.74, 6) is 0.193. The standard InChI is InChI=1S/C8H11N3O3.ClH/c1-5-10(13)7-4-2-3-6(9-12)8(7)11(5)14;/h12,14H,2-4H2,1H3;1H/b9-6+;. The zero-order chi connectivity index (χ0) is 10.3. The van der Waals surface area contributed by atoms with Gasteiger partial charge in [-0.1, -0.05) is 5.16 Å². The second-order valence-electron chi connectivity index (χ2n) is 3.35. The van der Waals surface area contributed by atoms with Crippen molar-refractivity contribution in [3.8, 4) is 0 Å². The molecule has 7 heteroatoms. The highest BCUT2D eigenvalue weighted by molar-refractivity contribution is 6.00. The number of imidazole rings is 1. The summed E-state index contributed by atoms with van der Waals surface area (Å²) in [5, 5.41) is 32.9. The molecular weight excluding hydrogens is 222 g/mol. The van der Waals surface area contributed by atoms with E-state index in [4.69, 9.17) is 5.21 Å². The molecule has 2 rings (SSSR count). The molecule has 0 saturated carbocycles. The van der Waals surface area contributed by atoms with Crippen LogP contribution < -0.4 is 4.73 Å². The fourth-order valence-corrected chi connectivity index (χ4v) is 1.81. The molecule has 0 bridgehead atoms. The SMILES string of the molecule is Cc1n(O)c2c([n+]1[O-])CCC/C2=N\O.Cl. The minimum absolute atomic E-state index is 0. The van der Waals surface area contributed by atoms with Crippen molar-refractivity contribution in [1.82, 2.24) is 4.73 Å². The molecule has 1 aromatic heterocycles. The highest BCUT2D eigenvalue weighted by Gasteiger charge is 2.32. The summed E-state index contributed by atoms with van der Waals surface area (Å²) in [6.45, 7) is 1.51. The maximum atomic E-state index is 11.5. The molecule has 0 amide bonds. The first-order valence-corrected chi connectivity index (χ1v) is 4.41. The number of halogens is 1. The van der Waals surface area contributed by atoms with E-state index in [1.165, 1.54) is 6.92 Å². The Hall–Kier alpha value is -1.43. The first-order valence-electron chi connectivity index (χ1n) is 4.41. The van der Waals surface area contributed by atoms with Crippen molar-refractivity contribution >= 4 is 18.1 Å². The fraction of sp³-hybridized carbons (Fsp3) is 0.500. The molecule has 1 aliphatic carbocycles. The van der Waals surface area contributed by atoms with Crippen molar-refractivity contribution in [3.05, 3.63) is 22.4 Å². The molecule has 0 spiro atoms. The normalized spacial score (nSPS) is 17.3. The van der Waals surface area contributed by atoms with Crippen LogP contribution in [0.4, 0.5) is 0 Å². The van der Waals surface area contributed by atoms with E-state index >= 15 is 0 Å². The molecule has 84 valence electrons. The predicted octanol–water partition coefficient (Wildman–Crippen LogP) is 0.604. The minimum atomic E-state index is 0. The average Bonchev–Trinajstić information content (AvgIpc) is 2.44. The lowest BCUT2D eigenvalue weighted by molar-refractivity contribution is -0.621. The summed E-state index contributed by atoms with van der Waals surface area (Å²) >= 11 is 0. The van der Waals surface area contributed by atoms with Gasteiger partial charge in [-0.2, -0.15) is 0 Å². The van der Waals surface area contributed by atoms with Gasteiger partial charge in [-0.3, -0.25) is 0 Å². The molecule has 0 atom stereocenters. The summed E-state index contributed by atoms with van der Waals surface area (Å²) < 4.78 is 1.47. The Bertz CT molecular complexity index is 414. The Morgan fingerprint density at radius 2 is 2.13 bits per heavy atom. The maximum Gasteiger partial charge on any atom is 0.297 e. The van der Waals surface area contributed by atoms with Gasteiger partial charge in [0.2, 0.25) is 5.69 Å². The summed E-state index contributed by atoms with van der Waals surface area (Å²) in [6.07, 6.45) is 1.94. The second-order valence-corrected chi connectivity index (χ2v) is 3.35. The van der Waals surface area contributed by atoms with Gasteiger partial charge < -0.3 is 15.6 Å². The number of oxime groups is 1. The molecule has 6 nitrogen and oxygen atoms in total. The third-order valence-corrected chi connectivity index (χ3v) is 2.55. The maximum absolute atomic E-state index is 11.5. The van der Waals surface area contributed by atoms with Crippen LogP contribution in [0.15, 0.2) is 5.16 Å².